The lowest BCUT2D eigenvalue weighted by Crippen LogP contribution is -2.47. The number of anilines is 1. The Labute approximate surface area is 178 Å². The van der Waals surface area contributed by atoms with Gasteiger partial charge in [-0.1, -0.05) is 23.5 Å². The summed E-state index contributed by atoms with van der Waals surface area (Å²) in [4.78, 5) is 28.5. The van der Waals surface area contributed by atoms with E-state index in [4.69, 9.17) is 9.47 Å². The number of ether oxygens (including phenoxy) is 2. The molecule has 2 aromatic carbocycles. The predicted octanol–water partition coefficient (Wildman–Crippen LogP) is 3.11. The molecule has 0 aliphatic carbocycles. The van der Waals surface area contributed by atoms with Crippen molar-refractivity contribution < 1.29 is 19.1 Å². The van der Waals surface area contributed by atoms with Crippen molar-refractivity contribution in [1.82, 2.24) is 15.8 Å². The number of amides is 2. The van der Waals surface area contributed by atoms with Crippen molar-refractivity contribution in [2.45, 2.75) is 26.3 Å². The van der Waals surface area contributed by atoms with Gasteiger partial charge in [0.2, 0.25) is 5.91 Å². The molecule has 3 aromatic rings. The number of aromatic nitrogens is 1. The zero-order chi connectivity index (χ0) is 21.3. The van der Waals surface area contributed by atoms with Crippen LogP contribution in [0.3, 0.4) is 0 Å². The molecule has 8 nitrogen and oxygen atoms in total. The number of nitrogens with one attached hydrogen (secondary N) is 3. The first-order valence-electron chi connectivity index (χ1n) is 9.61. The number of nitrogens with zero attached hydrogens (tertiary/aromatic N) is 1. The highest BCUT2D eigenvalue weighted by Gasteiger charge is 2.15. The number of hydrogen-bond donors (Lipinski definition) is 3. The average Bonchev–Trinajstić information content (AvgIpc) is 3.15. The van der Waals surface area contributed by atoms with Crippen LogP contribution in [0.5, 0.6) is 11.5 Å². The first-order valence-corrected chi connectivity index (χ1v) is 10.4. The average molecular weight is 429 g/mol. The molecule has 2 amide bonds. The lowest BCUT2D eigenvalue weighted by molar-refractivity contribution is -0.129. The number of thiazole rings is 1. The second kappa shape index (κ2) is 10.4. The molecular weight excluding hydrogens is 404 g/mol. The standard InChI is InChI=1S/C21H24N4O4S/c1-3-28-15-8-10-16(11-9-15)29-13-12-19(26)24-25-20(27)14(2)22-21-23-17-6-4-5-7-18(17)30-21/h4-11,14H,3,12-13H2,1-2H3,(H,22,23)(H,24,26)(H,25,27). The number of benzene rings is 2. The van der Waals surface area contributed by atoms with Crippen molar-refractivity contribution in [3.8, 4) is 11.5 Å². The van der Waals surface area contributed by atoms with E-state index in [0.29, 0.717) is 17.5 Å². The number of fused-ring (bicyclic) bond motifs is 1. The molecule has 3 N–H and O–H groups in total. The molecule has 158 valence electrons. The SMILES string of the molecule is CCOc1ccc(OCCC(=O)NNC(=O)C(C)Nc2nc3ccccc3s2)cc1. The van der Waals surface area contributed by atoms with E-state index in [2.05, 4.69) is 21.2 Å². The van der Waals surface area contributed by atoms with Gasteiger partial charge in [-0.25, -0.2) is 4.98 Å². The van der Waals surface area contributed by atoms with Gasteiger partial charge in [-0.15, -0.1) is 0 Å². The Bertz CT molecular complexity index is 957. The lowest BCUT2D eigenvalue weighted by atomic mass is 10.3. The quantitative estimate of drug-likeness (QED) is 0.453. The Balaban J connectivity index is 1.36. The van der Waals surface area contributed by atoms with Gasteiger partial charge in [-0.3, -0.25) is 20.4 Å². The smallest absolute Gasteiger partial charge is 0.260 e. The largest absolute Gasteiger partial charge is 0.494 e. The Morgan fingerprint density at radius 2 is 1.73 bits per heavy atom. The van der Waals surface area contributed by atoms with Crippen LogP contribution in [0, 0.1) is 0 Å². The van der Waals surface area contributed by atoms with Crippen molar-refractivity contribution in [2.75, 3.05) is 18.5 Å². The van der Waals surface area contributed by atoms with E-state index >= 15 is 0 Å². The Morgan fingerprint density at radius 1 is 1.03 bits per heavy atom. The zero-order valence-electron chi connectivity index (χ0n) is 16.8. The Hall–Kier alpha value is -3.33. The molecular formula is C21H24N4O4S. The van der Waals surface area contributed by atoms with Crippen LogP contribution in [0.4, 0.5) is 5.13 Å². The van der Waals surface area contributed by atoms with Crippen LogP contribution in [0.1, 0.15) is 20.3 Å². The molecule has 1 atom stereocenters. The third-order valence-corrected chi connectivity index (χ3v) is 5.05. The third kappa shape index (κ3) is 6.08. The normalized spacial score (nSPS) is 11.5. The molecule has 0 radical (unpaired) electrons. The van der Waals surface area contributed by atoms with Crippen LogP contribution >= 0.6 is 11.3 Å². The Morgan fingerprint density at radius 3 is 2.43 bits per heavy atom. The van der Waals surface area contributed by atoms with E-state index in [1.54, 1.807) is 31.2 Å². The van der Waals surface area contributed by atoms with Crippen LogP contribution in [0.25, 0.3) is 10.2 Å². The van der Waals surface area contributed by atoms with Crippen LogP contribution < -0.4 is 25.6 Å². The fourth-order valence-corrected chi connectivity index (χ4v) is 3.50. The monoisotopic (exact) mass is 428 g/mol. The third-order valence-electron chi connectivity index (χ3n) is 4.08. The lowest BCUT2D eigenvalue weighted by Gasteiger charge is -2.14. The number of para-hydroxylation sites is 1. The highest BCUT2D eigenvalue weighted by molar-refractivity contribution is 7.22. The minimum absolute atomic E-state index is 0.104. The van der Waals surface area contributed by atoms with Crippen LogP contribution in [-0.4, -0.2) is 36.1 Å². The highest BCUT2D eigenvalue weighted by Crippen LogP contribution is 2.25. The van der Waals surface area contributed by atoms with Crippen LogP contribution in [0.2, 0.25) is 0 Å². The van der Waals surface area contributed by atoms with Crippen molar-refractivity contribution in [3.63, 3.8) is 0 Å². The molecule has 1 unspecified atom stereocenters. The van der Waals surface area contributed by atoms with Crippen molar-refractivity contribution >= 4 is 38.5 Å². The van der Waals surface area contributed by atoms with E-state index in [-0.39, 0.29) is 24.8 Å². The molecule has 0 saturated heterocycles. The van der Waals surface area contributed by atoms with Gasteiger partial charge in [0.25, 0.3) is 5.91 Å². The molecule has 0 fully saturated rings. The van der Waals surface area contributed by atoms with E-state index in [1.807, 2.05) is 31.2 Å². The van der Waals surface area contributed by atoms with Gasteiger partial charge in [0.05, 0.1) is 29.9 Å². The van der Waals surface area contributed by atoms with Gasteiger partial charge in [-0.2, -0.15) is 0 Å². The number of rotatable bonds is 9. The molecule has 3 rings (SSSR count). The Kier molecular flexibility index (Phi) is 7.45. The maximum absolute atomic E-state index is 12.2. The summed E-state index contributed by atoms with van der Waals surface area (Å²) in [5, 5.41) is 3.69. The summed E-state index contributed by atoms with van der Waals surface area (Å²) < 4.78 is 11.9. The number of hydrazine groups is 1. The molecule has 0 bridgehead atoms. The maximum Gasteiger partial charge on any atom is 0.260 e. The zero-order valence-corrected chi connectivity index (χ0v) is 17.6. The summed E-state index contributed by atoms with van der Waals surface area (Å²) in [6.45, 7) is 4.40. The molecule has 0 spiro atoms. The van der Waals surface area contributed by atoms with E-state index < -0.39 is 6.04 Å². The van der Waals surface area contributed by atoms with Crippen LogP contribution in [-0.2, 0) is 9.59 Å². The van der Waals surface area contributed by atoms with Gasteiger partial charge in [0.1, 0.15) is 17.5 Å². The fraction of sp³-hybridized carbons (Fsp3) is 0.286. The summed E-state index contributed by atoms with van der Waals surface area (Å²) in [5.41, 5.74) is 5.68. The first-order chi connectivity index (χ1) is 14.5. The second-order valence-corrected chi connectivity index (χ2v) is 7.42. The summed E-state index contributed by atoms with van der Waals surface area (Å²) in [6, 6.07) is 14.3. The van der Waals surface area contributed by atoms with Crippen molar-refractivity contribution in [1.29, 1.82) is 0 Å². The summed E-state index contributed by atoms with van der Waals surface area (Å²) in [7, 11) is 0. The minimum atomic E-state index is -0.564. The van der Waals surface area contributed by atoms with E-state index in [1.165, 1.54) is 11.3 Å². The van der Waals surface area contributed by atoms with Gasteiger partial charge >= 0.3 is 0 Å². The second-order valence-electron chi connectivity index (χ2n) is 6.39. The van der Waals surface area contributed by atoms with Gasteiger partial charge in [0, 0.05) is 0 Å². The highest BCUT2D eigenvalue weighted by atomic mass is 32.1. The fourth-order valence-electron chi connectivity index (χ4n) is 2.55. The molecule has 0 aliphatic rings. The minimum Gasteiger partial charge on any atom is -0.494 e. The molecule has 0 aliphatic heterocycles. The van der Waals surface area contributed by atoms with E-state index in [9.17, 15) is 9.59 Å². The maximum atomic E-state index is 12.2. The summed E-state index contributed by atoms with van der Waals surface area (Å²) in [6.07, 6.45) is 0.104. The van der Waals surface area contributed by atoms with Crippen LogP contribution in [0.15, 0.2) is 48.5 Å². The molecule has 1 aromatic heterocycles. The van der Waals surface area contributed by atoms with Gasteiger partial charge in [-0.05, 0) is 50.2 Å². The number of carbonyl (C=O) groups excluding carboxylic acids is 2. The summed E-state index contributed by atoms with van der Waals surface area (Å²) >= 11 is 1.47. The van der Waals surface area contributed by atoms with Crippen molar-refractivity contribution in [3.05, 3.63) is 48.5 Å². The summed E-state index contributed by atoms with van der Waals surface area (Å²) in [5.74, 6) is 0.694. The topological polar surface area (TPSA) is 102 Å². The number of hydrogen-bond acceptors (Lipinski definition) is 7. The molecule has 30 heavy (non-hydrogen) atoms. The first kappa shape index (κ1) is 21.4. The van der Waals surface area contributed by atoms with E-state index in [0.717, 1.165) is 16.0 Å². The molecule has 9 heteroatoms. The number of carbonyl (C=O) groups is 2. The van der Waals surface area contributed by atoms with Gasteiger partial charge in [0.15, 0.2) is 5.13 Å². The van der Waals surface area contributed by atoms with Crippen molar-refractivity contribution in [2.24, 2.45) is 0 Å². The molecule has 0 saturated carbocycles. The predicted molar refractivity (Wildman–Crippen MR) is 117 cm³/mol. The molecule has 1 heterocycles. The van der Waals surface area contributed by atoms with Gasteiger partial charge < -0.3 is 14.8 Å².